The van der Waals surface area contributed by atoms with Gasteiger partial charge in [-0.25, -0.2) is 0 Å². The number of hydrogen-bond acceptors (Lipinski definition) is 4. The first-order chi connectivity index (χ1) is 14.6. The van der Waals surface area contributed by atoms with E-state index < -0.39 is 0 Å². The van der Waals surface area contributed by atoms with Crippen molar-refractivity contribution in [3.8, 4) is 5.75 Å². The molecule has 0 unspecified atom stereocenters. The van der Waals surface area contributed by atoms with E-state index in [0.29, 0.717) is 36.4 Å². The van der Waals surface area contributed by atoms with Crippen LogP contribution in [0, 0.1) is 0 Å². The minimum atomic E-state index is -0.273. The van der Waals surface area contributed by atoms with Crippen LogP contribution in [0.2, 0.25) is 0 Å². The maximum atomic E-state index is 12.8. The smallest absolute Gasteiger partial charge is 0.254 e. The average Bonchev–Trinajstić information content (AvgIpc) is 3.39. The summed E-state index contributed by atoms with van der Waals surface area (Å²) in [6, 6.07) is 13.4. The molecule has 2 heterocycles. The Kier molecular flexibility index (Phi) is 5.52. The van der Waals surface area contributed by atoms with Crippen LogP contribution in [-0.4, -0.2) is 41.8 Å². The molecule has 1 aliphatic heterocycles. The molecule has 1 aliphatic rings. The molecule has 4 rings (SSSR count). The summed E-state index contributed by atoms with van der Waals surface area (Å²) in [7, 11) is 3.43. The lowest BCUT2D eigenvalue weighted by atomic mass is 9.90. The number of benzene rings is 2. The fourth-order valence-electron chi connectivity index (χ4n) is 3.75. The van der Waals surface area contributed by atoms with Crippen molar-refractivity contribution in [2.75, 3.05) is 20.2 Å². The standard InChI is InChI=1S/C23H24N4O3/c1-24-23(29)19-11-17(22(28)25-9-8-15-12-26-27(2)13-15)10-18-20(14-30-21(18)19)16-6-4-3-5-7-16/h3-7,10-13,20H,8-9,14H2,1-2H3,(H,24,29)(H,25,28)/t20-/m0/s1. The van der Waals surface area contributed by atoms with E-state index in [9.17, 15) is 9.59 Å². The van der Waals surface area contributed by atoms with Crippen molar-refractivity contribution < 1.29 is 14.3 Å². The molecule has 7 heteroatoms. The first kappa shape index (κ1) is 19.7. The van der Waals surface area contributed by atoms with E-state index in [1.807, 2.05) is 49.6 Å². The van der Waals surface area contributed by atoms with Crippen molar-refractivity contribution in [3.05, 3.63) is 82.7 Å². The zero-order chi connectivity index (χ0) is 21.1. The van der Waals surface area contributed by atoms with Crippen LogP contribution in [0.4, 0.5) is 0 Å². The molecular formula is C23H24N4O3. The molecule has 1 aromatic heterocycles. The Hall–Kier alpha value is -3.61. The molecule has 0 fully saturated rings. The molecule has 0 aliphatic carbocycles. The van der Waals surface area contributed by atoms with Gasteiger partial charge < -0.3 is 15.4 Å². The minimum absolute atomic E-state index is 0.0206. The zero-order valence-electron chi connectivity index (χ0n) is 17.0. The summed E-state index contributed by atoms with van der Waals surface area (Å²) in [6.45, 7) is 0.922. The molecule has 2 aromatic carbocycles. The van der Waals surface area contributed by atoms with Crippen LogP contribution < -0.4 is 15.4 Å². The Morgan fingerprint density at radius 3 is 2.70 bits per heavy atom. The number of hydrogen-bond donors (Lipinski definition) is 2. The summed E-state index contributed by atoms with van der Waals surface area (Å²) in [4.78, 5) is 25.3. The largest absolute Gasteiger partial charge is 0.491 e. The number of fused-ring (bicyclic) bond motifs is 1. The number of nitrogens with zero attached hydrogens (tertiary/aromatic N) is 2. The fourth-order valence-corrected chi connectivity index (χ4v) is 3.75. The Morgan fingerprint density at radius 1 is 1.20 bits per heavy atom. The number of rotatable bonds is 6. The topological polar surface area (TPSA) is 85.3 Å². The van der Waals surface area contributed by atoms with Gasteiger partial charge in [0.25, 0.3) is 11.8 Å². The molecule has 1 atom stereocenters. The molecular weight excluding hydrogens is 380 g/mol. The van der Waals surface area contributed by atoms with E-state index in [1.54, 1.807) is 24.0 Å². The highest BCUT2D eigenvalue weighted by Crippen LogP contribution is 2.41. The van der Waals surface area contributed by atoms with Crippen LogP contribution in [0.3, 0.4) is 0 Å². The monoisotopic (exact) mass is 404 g/mol. The van der Waals surface area contributed by atoms with Crippen LogP contribution in [-0.2, 0) is 13.5 Å². The molecule has 0 saturated heterocycles. The predicted octanol–water partition coefficient (Wildman–Crippen LogP) is 2.28. The fraction of sp³-hybridized carbons (Fsp3) is 0.261. The van der Waals surface area contributed by atoms with Crippen molar-refractivity contribution in [2.45, 2.75) is 12.3 Å². The van der Waals surface area contributed by atoms with E-state index in [-0.39, 0.29) is 17.7 Å². The number of carbonyl (C=O) groups is 2. The van der Waals surface area contributed by atoms with Crippen molar-refractivity contribution in [1.29, 1.82) is 0 Å². The Morgan fingerprint density at radius 2 is 2.00 bits per heavy atom. The number of ether oxygens (including phenoxy) is 1. The number of aromatic nitrogens is 2. The predicted molar refractivity (Wildman–Crippen MR) is 113 cm³/mol. The van der Waals surface area contributed by atoms with Crippen molar-refractivity contribution in [3.63, 3.8) is 0 Å². The van der Waals surface area contributed by atoms with Gasteiger partial charge in [-0.15, -0.1) is 0 Å². The molecule has 154 valence electrons. The summed E-state index contributed by atoms with van der Waals surface area (Å²) in [5.74, 6) is 0.0402. The van der Waals surface area contributed by atoms with E-state index >= 15 is 0 Å². The minimum Gasteiger partial charge on any atom is -0.491 e. The number of aryl methyl sites for hydroxylation is 1. The highest BCUT2D eigenvalue weighted by atomic mass is 16.5. The second-order valence-electron chi connectivity index (χ2n) is 7.32. The summed E-state index contributed by atoms with van der Waals surface area (Å²) < 4.78 is 7.63. The van der Waals surface area contributed by atoms with E-state index in [2.05, 4.69) is 15.7 Å². The van der Waals surface area contributed by atoms with Crippen molar-refractivity contribution >= 4 is 11.8 Å². The van der Waals surface area contributed by atoms with Gasteiger partial charge in [0.15, 0.2) is 0 Å². The number of nitrogens with one attached hydrogen (secondary N) is 2. The summed E-state index contributed by atoms with van der Waals surface area (Å²) >= 11 is 0. The summed E-state index contributed by atoms with van der Waals surface area (Å²) in [6.07, 6.45) is 4.39. The first-order valence-electron chi connectivity index (χ1n) is 9.90. The van der Waals surface area contributed by atoms with Gasteiger partial charge in [-0.3, -0.25) is 14.3 Å². The van der Waals surface area contributed by atoms with E-state index in [0.717, 1.165) is 16.7 Å². The molecule has 7 nitrogen and oxygen atoms in total. The molecule has 0 spiro atoms. The van der Waals surface area contributed by atoms with E-state index in [4.69, 9.17) is 4.74 Å². The summed E-state index contributed by atoms with van der Waals surface area (Å²) in [5, 5.41) is 9.71. The maximum Gasteiger partial charge on any atom is 0.254 e. The Bertz CT molecular complexity index is 1080. The molecule has 0 radical (unpaired) electrons. The molecule has 0 saturated carbocycles. The SMILES string of the molecule is CNC(=O)c1cc(C(=O)NCCc2cnn(C)c2)cc2c1OC[C@H]2c1ccccc1. The van der Waals surface area contributed by atoms with Gasteiger partial charge in [0.05, 0.1) is 18.4 Å². The van der Waals surface area contributed by atoms with Crippen LogP contribution in [0.5, 0.6) is 5.75 Å². The molecule has 30 heavy (non-hydrogen) atoms. The van der Waals surface area contributed by atoms with Crippen LogP contribution in [0.1, 0.15) is 43.3 Å². The van der Waals surface area contributed by atoms with Crippen molar-refractivity contribution in [1.82, 2.24) is 20.4 Å². The molecule has 2 amide bonds. The van der Waals surface area contributed by atoms with E-state index in [1.165, 1.54) is 0 Å². The molecule has 3 aromatic rings. The van der Waals surface area contributed by atoms with Gasteiger partial charge in [0.1, 0.15) is 5.75 Å². The van der Waals surface area contributed by atoms with Crippen molar-refractivity contribution in [2.24, 2.45) is 7.05 Å². The third kappa shape index (κ3) is 3.91. The molecule has 0 bridgehead atoms. The lowest BCUT2D eigenvalue weighted by Crippen LogP contribution is -2.26. The van der Waals surface area contributed by atoms with Crippen LogP contribution in [0.15, 0.2) is 54.9 Å². The second kappa shape index (κ2) is 8.41. The Balaban J connectivity index is 1.60. The van der Waals surface area contributed by atoms with Gasteiger partial charge in [0.2, 0.25) is 0 Å². The second-order valence-corrected chi connectivity index (χ2v) is 7.32. The third-order valence-electron chi connectivity index (χ3n) is 5.28. The van der Waals surface area contributed by atoms with Crippen LogP contribution in [0.25, 0.3) is 0 Å². The summed E-state index contributed by atoms with van der Waals surface area (Å²) in [5.41, 5.74) is 3.83. The highest BCUT2D eigenvalue weighted by Gasteiger charge is 2.31. The Labute approximate surface area is 175 Å². The first-order valence-corrected chi connectivity index (χ1v) is 9.90. The lowest BCUT2D eigenvalue weighted by molar-refractivity contribution is 0.0954. The van der Waals surface area contributed by atoms with Gasteiger partial charge in [-0.1, -0.05) is 30.3 Å². The number of amides is 2. The average molecular weight is 404 g/mol. The maximum absolute atomic E-state index is 12.8. The van der Waals surface area contributed by atoms with Gasteiger partial charge in [-0.05, 0) is 29.7 Å². The quantitative estimate of drug-likeness (QED) is 0.660. The van der Waals surface area contributed by atoms with Gasteiger partial charge in [0, 0.05) is 43.9 Å². The lowest BCUT2D eigenvalue weighted by Gasteiger charge is -2.13. The highest BCUT2D eigenvalue weighted by molar-refractivity contribution is 6.02. The van der Waals surface area contributed by atoms with Gasteiger partial charge >= 0.3 is 0 Å². The molecule has 2 N–H and O–H groups in total. The van der Waals surface area contributed by atoms with Crippen LogP contribution >= 0.6 is 0 Å². The third-order valence-corrected chi connectivity index (χ3v) is 5.28. The number of carbonyl (C=O) groups excluding carboxylic acids is 2. The zero-order valence-corrected chi connectivity index (χ0v) is 17.0. The normalized spacial score (nSPS) is 14.7. The van der Waals surface area contributed by atoms with Gasteiger partial charge in [-0.2, -0.15) is 5.10 Å².